The van der Waals surface area contributed by atoms with Crippen LogP contribution >= 0.6 is 0 Å². The molecule has 118 valence electrons. The number of aromatic nitrogens is 2. The zero-order valence-corrected chi connectivity index (χ0v) is 12.7. The van der Waals surface area contributed by atoms with E-state index in [4.69, 9.17) is 4.74 Å². The minimum absolute atomic E-state index is 0.0376. The fourth-order valence-electron chi connectivity index (χ4n) is 2.39. The summed E-state index contributed by atoms with van der Waals surface area (Å²) in [5.41, 5.74) is 0.929. The highest BCUT2D eigenvalue weighted by atomic mass is 19.1. The van der Waals surface area contributed by atoms with Crippen LogP contribution in [0.2, 0.25) is 0 Å². The Hall–Kier alpha value is -2.76. The van der Waals surface area contributed by atoms with Gasteiger partial charge in [-0.15, -0.1) is 0 Å². The van der Waals surface area contributed by atoms with Crippen molar-refractivity contribution in [2.45, 2.75) is 13.0 Å². The van der Waals surface area contributed by atoms with Crippen molar-refractivity contribution in [3.05, 3.63) is 59.9 Å². The summed E-state index contributed by atoms with van der Waals surface area (Å²) >= 11 is 0. The Balaban J connectivity index is 1.96. The molecule has 1 atom stereocenters. The summed E-state index contributed by atoms with van der Waals surface area (Å²) in [6.07, 6.45) is 1.22. The highest BCUT2D eigenvalue weighted by Gasteiger charge is 2.15. The van der Waals surface area contributed by atoms with Crippen molar-refractivity contribution < 1.29 is 13.5 Å². The average molecular weight is 315 g/mol. The van der Waals surface area contributed by atoms with Gasteiger partial charge in [0.15, 0.2) is 0 Å². The number of fused-ring (bicyclic) bond motifs is 1. The Morgan fingerprint density at radius 1 is 1.00 bits per heavy atom. The van der Waals surface area contributed by atoms with Crippen LogP contribution in [0.1, 0.15) is 18.5 Å². The van der Waals surface area contributed by atoms with Gasteiger partial charge in [-0.3, -0.25) is 0 Å². The van der Waals surface area contributed by atoms with Crippen LogP contribution in [0.5, 0.6) is 5.75 Å². The van der Waals surface area contributed by atoms with Crippen LogP contribution in [0.3, 0.4) is 0 Å². The first-order valence-corrected chi connectivity index (χ1v) is 7.09. The summed E-state index contributed by atoms with van der Waals surface area (Å²) in [6.45, 7) is 1.91. The molecule has 6 heteroatoms. The minimum atomic E-state index is -0.580. The number of anilines is 1. The molecular weight excluding hydrogens is 300 g/mol. The van der Waals surface area contributed by atoms with Crippen molar-refractivity contribution in [1.82, 2.24) is 9.97 Å². The molecule has 0 radical (unpaired) electrons. The number of ether oxygens (including phenoxy) is 1. The van der Waals surface area contributed by atoms with Gasteiger partial charge in [0.2, 0.25) is 0 Å². The first-order valence-electron chi connectivity index (χ1n) is 7.09. The van der Waals surface area contributed by atoms with E-state index in [2.05, 4.69) is 15.3 Å². The first-order chi connectivity index (χ1) is 11.1. The Kier molecular flexibility index (Phi) is 4.06. The lowest BCUT2D eigenvalue weighted by Crippen LogP contribution is -2.09. The molecule has 1 unspecified atom stereocenters. The number of nitrogens with zero attached hydrogens (tertiary/aromatic N) is 2. The lowest BCUT2D eigenvalue weighted by atomic mass is 10.1. The van der Waals surface area contributed by atoms with E-state index in [0.29, 0.717) is 0 Å². The van der Waals surface area contributed by atoms with E-state index in [1.807, 2.05) is 31.2 Å². The van der Waals surface area contributed by atoms with E-state index in [1.165, 1.54) is 6.33 Å². The molecule has 3 rings (SSSR count). The number of benzene rings is 2. The van der Waals surface area contributed by atoms with E-state index in [1.54, 1.807) is 7.11 Å². The molecule has 1 heterocycles. The van der Waals surface area contributed by atoms with Crippen LogP contribution in [-0.2, 0) is 0 Å². The largest absolute Gasteiger partial charge is 0.497 e. The third kappa shape index (κ3) is 2.92. The van der Waals surface area contributed by atoms with Crippen LogP contribution in [0.25, 0.3) is 10.9 Å². The number of hydrogen-bond donors (Lipinski definition) is 1. The van der Waals surface area contributed by atoms with Gasteiger partial charge in [0.05, 0.1) is 12.5 Å². The predicted molar refractivity (Wildman–Crippen MR) is 84.5 cm³/mol. The zero-order chi connectivity index (χ0) is 16.4. The molecule has 0 aliphatic carbocycles. The van der Waals surface area contributed by atoms with Gasteiger partial charge in [0.25, 0.3) is 0 Å². The quantitative estimate of drug-likeness (QED) is 0.788. The molecule has 0 bridgehead atoms. The number of methoxy groups -OCH3 is 1. The van der Waals surface area contributed by atoms with Crippen molar-refractivity contribution in [3.8, 4) is 5.75 Å². The molecule has 0 saturated carbocycles. The maximum Gasteiger partial charge on any atom is 0.149 e. The second kappa shape index (κ2) is 6.16. The summed E-state index contributed by atoms with van der Waals surface area (Å²) in [6, 6.07) is 9.46. The van der Waals surface area contributed by atoms with Gasteiger partial charge < -0.3 is 10.1 Å². The Morgan fingerprint density at radius 3 is 2.39 bits per heavy atom. The van der Waals surface area contributed by atoms with Crippen molar-refractivity contribution >= 4 is 16.7 Å². The summed E-state index contributed by atoms with van der Waals surface area (Å²) in [5.74, 6) is -0.132. The van der Waals surface area contributed by atoms with Gasteiger partial charge >= 0.3 is 0 Å². The van der Waals surface area contributed by atoms with E-state index in [0.717, 1.165) is 23.4 Å². The molecule has 0 aliphatic heterocycles. The third-order valence-corrected chi connectivity index (χ3v) is 3.66. The maximum absolute atomic E-state index is 14.1. The molecule has 4 nitrogen and oxygen atoms in total. The Bertz CT molecular complexity index is 837. The zero-order valence-electron chi connectivity index (χ0n) is 12.7. The SMILES string of the molecule is COc1ccc(C(C)Nc2ncnc3c(F)ccc(F)c23)cc1. The molecule has 3 aromatic rings. The second-order valence-electron chi connectivity index (χ2n) is 5.11. The molecule has 1 N–H and O–H groups in total. The van der Waals surface area contributed by atoms with Crippen LogP contribution in [-0.4, -0.2) is 17.1 Å². The van der Waals surface area contributed by atoms with Crippen LogP contribution in [0.4, 0.5) is 14.6 Å². The van der Waals surface area contributed by atoms with Gasteiger partial charge in [-0.2, -0.15) is 0 Å². The van der Waals surface area contributed by atoms with Gasteiger partial charge in [-0.05, 0) is 36.8 Å². The smallest absolute Gasteiger partial charge is 0.149 e. The molecule has 0 fully saturated rings. The first kappa shape index (κ1) is 15.1. The summed E-state index contributed by atoms with van der Waals surface area (Å²) in [5, 5.41) is 3.16. The molecule has 0 amide bonds. The van der Waals surface area contributed by atoms with Crippen molar-refractivity contribution in [2.24, 2.45) is 0 Å². The second-order valence-corrected chi connectivity index (χ2v) is 5.11. The van der Waals surface area contributed by atoms with Crippen molar-refractivity contribution in [1.29, 1.82) is 0 Å². The Morgan fingerprint density at radius 2 is 1.70 bits per heavy atom. The van der Waals surface area contributed by atoms with E-state index in [9.17, 15) is 8.78 Å². The maximum atomic E-state index is 14.1. The molecule has 23 heavy (non-hydrogen) atoms. The predicted octanol–water partition coefficient (Wildman–Crippen LogP) is 4.09. The fourth-order valence-corrected chi connectivity index (χ4v) is 2.39. The fraction of sp³-hybridized carbons (Fsp3) is 0.176. The normalized spacial score (nSPS) is 12.2. The van der Waals surface area contributed by atoms with E-state index in [-0.39, 0.29) is 22.8 Å². The highest BCUT2D eigenvalue weighted by Crippen LogP contribution is 2.28. The molecule has 0 spiro atoms. The van der Waals surface area contributed by atoms with E-state index >= 15 is 0 Å². The van der Waals surface area contributed by atoms with Gasteiger partial charge in [-0.1, -0.05) is 12.1 Å². The molecule has 1 aromatic heterocycles. The molecule has 0 aliphatic rings. The van der Waals surface area contributed by atoms with Gasteiger partial charge in [-0.25, -0.2) is 18.7 Å². The number of halogens is 2. The van der Waals surface area contributed by atoms with Crippen LogP contribution < -0.4 is 10.1 Å². The van der Waals surface area contributed by atoms with Gasteiger partial charge in [0.1, 0.15) is 35.0 Å². The monoisotopic (exact) mass is 315 g/mol. The van der Waals surface area contributed by atoms with Crippen LogP contribution in [0, 0.1) is 11.6 Å². The number of hydrogen-bond acceptors (Lipinski definition) is 4. The highest BCUT2D eigenvalue weighted by molar-refractivity contribution is 5.89. The van der Waals surface area contributed by atoms with Crippen molar-refractivity contribution in [3.63, 3.8) is 0 Å². The molecular formula is C17H15F2N3O. The molecule has 0 saturated heterocycles. The van der Waals surface area contributed by atoms with E-state index < -0.39 is 11.6 Å². The topological polar surface area (TPSA) is 47.0 Å². The van der Waals surface area contributed by atoms with Gasteiger partial charge in [0, 0.05) is 6.04 Å². The lowest BCUT2D eigenvalue weighted by Gasteiger charge is -2.16. The van der Waals surface area contributed by atoms with Crippen molar-refractivity contribution in [2.75, 3.05) is 12.4 Å². The van der Waals surface area contributed by atoms with Crippen LogP contribution in [0.15, 0.2) is 42.7 Å². The average Bonchev–Trinajstić information content (AvgIpc) is 2.58. The summed E-state index contributed by atoms with van der Waals surface area (Å²) < 4.78 is 33.0. The third-order valence-electron chi connectivity index (χ3n) is 3.66. The lowest BCUT2D eigenvalue weighted by molar-refractivity contribution is 0.414. The number of rotatable bonds is 4. The molecule has 2 aromatic carbocycles. The Labute approximate surface area is 132 Å². The standard InChI is InChI=1S/C17H15F2N3O/c1-10(11-3-5-12(23-2)6-4-11)22-17-15-13(18)7-8-14(19)16(15)20-9-21-17/h3-10H,1-2H3,(H,20,21,22). The summed E-state index contributed by atoms with van der Waals surface area (Å²) in [7, 11) is 1.60. The summed E-state index contributed by atoms with van der Waals surface area (Å²) in [4.78, 5) is 7.88. The minimum Gasteiger partial charge on any atom is -0.497 e. The number of nitrogens with one attached hydrogen (secondary N) is 1.